The molecule has 0 atom stereocenters. The fourth-order valence-corrected chi connectivity index (χ4v) is 3.43. The van der Waals surface area contributed by atoms with E-state index in [0.29, 0.717) is 12.3 Å². The van der Waals surface area contributed by atoms with E-state index in [1.54, 1.807) is 14.1 Å². The van der Waals surface area contributed by atoms with Crippen molar-refractivity contribution in [1.82, 2.24) is 20.4 Å². The SMILES string of the molecule is CCNC(=NCc1cccc(OCC(=O)N(C)C)c1)NCC(C)(C)N1CCCCC1. The van der Waals surface area contributed by atoms with Gasteiger partial charge >= 0.3 is 0 Å². The number of guanidine groups is 1. The molecule has 1 heterocycles. The lowest BCUT2D eigenvalue weighted by Gasteiger charge is -2.41. The number of rotatable bonds is 9. The first kappa shape index (κ1) is 24.0. The van der Waals surface area contributed by atoms with Crippen molar-refractivity contribution >= 4 is 11.9 Å². The summed E-state index contributed by atoms with van der Waals surface area (Å²) < 4.78 is 5.61. The van der Waals surface area contributed by atoms with Crippen molar-refractivity contribution in [2.75, 3.05) is 46.9 Å². The standard InChI is InChI=1S/C23H39N5O2/c1-6-24-22(26-18-23(2,3)28-13-8-7-9-14-28)25-16-19-11-10-12-20(15-19)30-17-21(29)27(4)5/h10-12,15H,6-9,13-14,16-18H2,1-5H3,(H2,24,25,26). The molecule has 7 heteroatoms. The van der Waals surface area contributed by atoms with E-state index in [9.17, 15) is 4.79 Å². The van der Waals surface area contributed by atoms with Crippen LogP contribution in [0, 0.1) is 0 Å². The van der Waals surface area contributed by atoms with Crippen molar-refractivity contribution < 1.29 is 9.53 Å². The van der Waals surface area contributed by atoms with Gasteiger partial charge < -0.3 is 20.3 Å². The summed E-state index contributed by atoms with van der Waals surface area (Å²) in [5.74, 6) is 1.44. The van der Waals surface area contributed by atoms with Gasteiger partial charge in [-0.25, -0.2) is 4.99 Å². The minimum atomic E-state index is -0.0617. The number of nitrogens with zero attached hydrogens (tertiary/aromatic N) is 3. The van der Waals surface area contributed by atoms with Gasteiger partial charge in [-0.05, 0) is 64.4 Å². The molecule has 30 heavy (non-hydrogen) atoms. The monoisotopic (exact) mass is 417 g/mol. The molecule has 1 aromatic carbocycles. The molecule has 1 fully saturated rings. The fourth-order valence-electron chi connectivity index (χ4n) is 3.43. The van der Waals surface area contributed by atoms with Crippen molar-refractivity contribution in [1.29, 1.82) is 0 Å². The van der Waals surface area contributed by atoms with Gasteiger partial charge in [-0.2, -0.15) is 0 Å². The van der Waals surface area contributed by atoms with Crippen LogP contribution >= 0.6 is 0 Å². The molecule has 0 radical (unpaired) electrons. The van der Waals surface area contributed by atoms with Gasteiger partial charge in [-0.3, -0.25) is 9.69 Å². The summed E-state index contributed by atoms with van der Waals surface area (Å²) in [5.41, 5.74) is 1.13. The quantitative estimate of drug-likeness (QED) is 0.477. The Morgan fingerprint density at radius 1 is 1.20 bits per heavy atom. The van der Waals surface area contributed by atoms with Crippen LogP contribution in [-0.4, -0.2) is 74.1 Å². The van der Waals surface area contributed by atoms with Crippen molar-refractivity contribution in [2.24, 2.45) is 4.99 Å². The maximum absolute atomic E-state index is 11.7. The van der Waals surface area contributed by atoms with Crippen LogP contribution in [0.4, 0.5) is 0 Å². The van der Waals surface area contributed by atoms with Gasteiger partial charge in [0.25, 0.3) is 5.91 Å². The summed E-state index contributed by atoms with van der Waals surface area (Å²) in [7, 11) is 3.44. The lowest BCUT2D eigenvalue weighted by molar-refractivity contribution is -0.130. The largest absolute Gasteiger partial charge is 0.484 e. The van der Waals surface area contributed by atoms with Crippen LogP contribution in [0.5, 0.6) is 5.75 Å². The molecule has 0 aromatic heterocycles. The van der Waals surface area contributed by atoms with E-state index in [0.717, 1.165) is 24.6 Å². The van der Waals surface area contributed by atoms with Crippen LogP contribution in [0.2, 0.25) is 0 Å². The Morgan fingerprint density at radius 3 is 2.60 bits per heavy atom. The molecule has 0 bridgehead atoms. The van der Waals surface area contributed by atoms with Gasteiger partial charge in [-0.1, -0.05) is 18.6 Å². The number of aliphatic imine (C=N–C) groups is 1. The third-order valence-corrected chi connectivity index (χ3v) is 5.42. The van der Waals surface area contributed by atoms with Crippen molar-refractivity contribution in [3.05, 3.63) is 29.8 Å². The molecule has 1 aliphatic heterocycles. The summed E-state index contributed by atoms with van der Waals surface area (Å²) in [6.45, 7) is 11.2. The zero-order valence-corrected chi connectivity index (χ0v) is 19.3. The van der Waals surface area contributed by atoms with Crippen LogP contribution in [0.3, 0.4) is 0 Å². The number of hydrogen-bond acceptors (Lipinski definition) is 4. The summed E-state index contributed by atoms with van der Waals surface area (Å²) in [6, 6.07) is 7.75. The third-order valence-electron chi connectivity index (χ3n) is 5.42. The first-order valence-electron chi connectivity index (χ1n) is 11.0. The van der Waals surface area contributed by atoms with E-state index >= 15 is 0 Å². The van der Waals surface area contributed by atoms with E-state index in [2.05, 4.69) is 36.3 Å². The highest BCUT2D eigenvalue weighted by Gasteiger charge is 2.27. The zero-order valence-electron chi connectivity index (χ0n) is 19.3. The molecule has 0 unspecified atom stereocenters. The molecule has 0 saturated carbocycles. The predicted molar refractivity (Wildman–Crippen MR) is 123 cm³/mol. The molecular weight excluding hydrogens is 378 g/mol. The Kier molecular flexibility index (Phi) is 9.43. The van der Waals surface area contributed by atoms with Gasteiger partial charge in [0, 0.05) is 32.7 Å². The van der Waals surface area contributed by atoms with Crippen LogP contribution in [0.15, 0.2) is 29.3 Å². The van der Waals surface area contributed by atoms with E-state index in [-0.39, 0.29) is 18.1 Å². The van der Waals surface area contributed by atoms with Crippen LogP contribution in [0.25, 0.3) is 0 Å². The van der Waals surface area contributed by atoms with Gasteiger partial charge in [0.1, 0.15) is 5.75 Å². The number of nitrogens with one attached hydrogen (secondary N) is 2. The van der Waals surface area contributed by atoms with Crippen LogP contribution in [-0.2, 0) is 11.3 Å². The second-order valence-electron chi connectivity index (χ2n) is 8.63. The fraction of sp³-hybridized carbons (Fsp3) is 0.652. The summed E-state index contributed by atoms with van der Waals surface area (Å²) in [6.07, 6.45) is 3.92. The molecule has 168 valence electrons. The van der Waals surface area contributed by atoms with E-state index in [1.165, 1.54) is 37.3 Å². The maximum Gasteiger partial charge on any atom is 0.259 e. The molecular formula is C23H39N5O2. The van der Waals surface area contributed by atoms with Gasteiger partial charge in [0.05, 0.1) is 6.54 Å². The number of carbonyl (C=O) groups excluding carboxylic acids is 1. The minimum absolute atomic E-state index is 0.0372. The predicted octanol–water partition coefficient (Wildman–Crippen LogP) is 2.47. The van der Waals surface area contributed by atoms with Crippen LogP contribution < -0.4 is 15.4 Å². The number of amides is 1. The molecule has 1 saturated heterocycles. The van der Waals surface area contributed by atoms with E-state index < -0.39 is 0 Å². The number of likely N-dealkylation sites (N-methyl/N-ethyl adjacent to an activating group) is 1. The van der Waals surface area contributed by atoms with Crippen molar-refractivity contribution in [3.63, 3.8) is 0 Å². The number of carbonyl (C=O) groups is 1. The topological polar surface area (TPSA) is 69.2 Å². The first-order valence-corrected chi connectivity index (χ1v) is 11.0. The molecule has 0 aliphatic carbocycles. The second-order valence-corrected chi connectivity index (χ2v) is 8.63. The van der Waals surface area contributed by atoms with E-state index in [1.807, 2.05) is 24.3 Å². The Hall–Kier alpha value is -2.28. The van der Waals surface area contributed by atoms with Gasteiger partial charge in [-0.15, -0.1) is 0 Å². The lowest BCUT2D eigenvalue weighted by Crippen LogP contribution is -2.54. The van der Waals surface area contributed by atoms with Crippen molar-refractivity contribution in [2.45, 2.75) is 52.1 Å². The molecule has 2 rings (SSSR count). The average Bonchev–Trinajstić information content (AvgIpc) is 2.75. The number of piperidine rings is 1. The number of hydrogen-bond donors (Lipinski definition) is 2. The Labute approximate surface area is 181 Å². The van der Waals surface area contributed by atoms with Gasteiger partial charge in [0.15, 0.2) is 12.6 Å². The normalized spacial score (nSPS) is 15.6. The van der Waals surface area contributed by atoms with E-state index in [4.69, 9.17) is 9.73 Å². The minimum Gasteiger partial charge on any atom is -0.484 e. The summed E-state index contributed by atoms with van der Waals surface area (Å²) >= 11 is 0. The number of ether oxygens (including phenoxy) is 1. The first-order chi connectivity index (χ1) is 14.3. The molecule has 1 amide bonds. The third kappa shape index (κ3) is 7.86. The molecule has 1 aromatic rings. The lowest BCUT2D eigenvalue weighted by atomic mass is 9.98. The molecule has 0 spiro atoms. The number of benzene rings is 1. The second kappa shape index (κ2) is 11.8. The smallest absolute Gasteiger partial charge is 0.259 e. The summed E-state index contributed by atoms with van der Waals surface area (Å²) in [5, 5.41) is 6.85. The summed E-state index contributed by atoms with van der Waals surface area (Å²) in [4.78, 5) is 20.6. The van der Waals surface area contributed by atoms with Gasteiger partial charge in [0.2, 0.25) is 0 Å². The van der Waals surface area contributed by atoms with Crippen LogP contribution in [0.1, 0.15) is 45.6 Å². The Bertz CT molecular complexity index is 697. The Balaban J connectivity index is 1.93. The Morgan fingerprint density at radius 2 is 1.93 bits per heavy atom. The molecule has 2 N–H and O–H groups in total. The average molecular weight is 418 g/mol. The highest BCUT2D eigenvalue weighted by molar-refractivity contribution is 5.79. The number of likely N-dealkylation sites (tertiary alicyclic amines) is 1. The van der Waals surface area contributed by atoms with Crippen molar-refractivity contribution in [3.8, 4) is 5.75 Å². The highest BCUT2D eigenvalue weighted by Crippen LogP contribution is 2.20. The maximum atomic E-state index is 11.7. The highest BCUT2D eigenvalue weighted by atomic mass is 16.5. The zero-order chi connectivity index (χ0) is 22.0. The molecule has 1 aliphatic rings. The molecule has 7 nitrogen and oxygen atoms in total.